The van der Waals surface area contributed by atoms with Gasteiger partial charge >= 0.3 is 6.18 Å². The molecule has 0 saturated carbocycles. The van der Waals surface area contributed by atoms with E-state index in [2.05, 4.69) is 35.7 Å². The lowest BCUT2D eigenvalue weighted by Gasteiger charge is -2.08. The van der Waals surface area contributed by atoms with Crippen molar-refractivity contribution in [2.45, 2.75) is 6.18 Å². The van der Waals surface area contributed by atoms with E-state index in [0.717, 1.165) is 6.33 Å². The van der Waals surface area contributed by atoms with Gasteiger partial charge in [-0.05, 0) is 15.9 Å². The van der Waals surface area contributed by atoms with Gasteiger partial charge < -0.3 is 4.74 Å². The van der Waals surface area contributed by atoms with Crippen molar-refractivity contribution in [2.75, 3.05) is 6.61 Å². The van der Waals surface area contributed by atoms with Crippen molar-refractivity contribution in [3.63, 3.8) is 0 Å². The highest BCUT2D eigenvalue weighted by atomic mass is 79.9. The first-order chi connectivity index (χ1) is 7.88. The molecule has 0 radical (unpaired) electrons. The minimum absolute atomic E-state index is 0.146. The fourth-order valence-corrected chi connectivity index (χ4v) is 1.86. The summed E-state index contributed by atoms with van der Waals surface area (Å²) in [5, 5.41) is 4.28. The van der Waals surface area contributed by atoms with Crippen LogP contribution in [0.15, 0.2) is 10.9 Å². The van der Waals surface area contributed by atoms with Gasteiger partial charge in [0.05, 0.1) is 0 Å². The summed E-state index contributed by atoms with van der Waals surface area (Å²) >= 11 is 3.12. The summed E-state index contributed by atoms with van der Waals surface area (Å²) in [6, 6.07) is 0. The molecule has 2 heterocycles. The van der Waals surface area contributed by atoms with E-state index in [0.29, 0.717) is 15.6 Å². The van der Waals surface area contributed by atoms with Crippen molar-refractivity contribution in [1.29, 1.82) is 0 Å². The van der Waals surface area contributed by atoms with Gasteiger partial charge in [0.25, 0.3) is 0 Å². The van der Waals surface area contributed by atoms with Gasteiger partial charge in [-0.2, -0.15) is 18.3 Å². The van der Waals surface area contributed by atoms with Crippen LogP contribution in [0.4, 0.5) is 13.2 Å². The molecule has 2 aromatic heterocycles. The molecule has 0 aromatic carbocycles. The van der Waals surface area contributed by atoms with Crippen molar-refractivity contribution >= 4 is 27.0 Å². The molecular formula is C8H6BrF3N4O. The Hall–Kier alpha value is -1.38. The van der Waals surface area contributed by atoms with Crippen LogP contribution in [-0.2, 0) is 7.05 Å². The van der Waals surface area contributed by atoms with Crippen molar-refractivity contribution in [3.05, 3.63) is 10.9 Å². The van der Waals surface area contributed by atoms with Crippen LogP contribution in [0.25, 0.3) is 11.0 Å². The molecule has 92 valence electrons. The highest BCUT2D eigenvalue weighted by Gasteiger charge is 2.29. The van der Waals surface area contributed by atoms with E-state index in [-0.39, 0.29) is 5.88 Å². The minimum atomic E-state index is -4.41. The van der Waals surface area contributed by atoms with Gasteiger partial charge in [-0.15, -0.1) is 0 Å². The van der Waals surface area contributed by atoms with Crippen LogP contribution in [-0.4, -0.2) is 32.5 Å². The molecule has 0 unspecified atom stereocenters. The van der Waals surface area contributed by atoms with Gasteiger partial charge in [0.15, 0.2) is 12.3 Å². The summed E-state index contributed by atoms with van der Waals surface area (Å²) < 4.78 is 42.5. The molecule has 9 heteroatoms. The van der Waals surface area contributed by atoms with Crippen LogP contribution in [0.3, 0.4) is 0 Å². The minimum Gasteiger partial charge on any atom is -0.467 e. The summed E-state index contributed by atoms with van der Waals surface area (Å²) in [5.74, 6) is -0.146. The van der Waals surface area contributed by atoms with Gasteiger partial charge in [-0.25, -0.2) is 14.6 Å². The number of ether oxygens (including phenoxy) is 1. The number of fused-ring (bicyclic) bond motifs is 1. The third-order valence-corrected chi connectivity index (χ3v) is 2.47. The standard InChI is InChI=1S/C8H6BrF3N4O/c1-16-6-4(5(9)15-16)7(14-3-13-6)17-2-8(10,11)12/h3H,2H2,1H3. The average molecular weight is 311 g/mol. The molecule has 0 amide bonds. The Bertz CT molecular complexity index is 553. The molecule has 0 aliphatic rings. The quantitative estimate of drug-likeness (QED) is 0.852. The maximum Gasteiger partial charge on any atom is 0.422 e. The highest BCUT2D eigenvalue weighted by Crippen LogP contribution is 2.29. The van der Waals surface area contributed by atoms with E-state index < -0.39 is 12.8 Å². The predicted molar refractivity (Wildman–Crippen MR) is 55.6 cm³/mol. The van der Waals surface area contributed by atoms with Crippen LogP contribution < -0.4 is 4.74 Å². The maximum absolute atomic E-state index is 12.0. The number of aromatic nitrogens is 4. The summed E-state index contributed by atoms with van der Waals surface area (Å²) in [7, 11) is 1.62. The summed E-state index contributed by atoms with van der Waals surface area (Å²) in [5.41, 5.74) is 0.393. The largest absolute Gasteiger partial charge is 0.467 e. The van der Waals surface area contributed by atoms with Crippen LogP contribution in [0.1, 0.15) is 0 Å². The number of nitrogens with zero attached hydrogens (tertiary/aromatic N) is 4. The Balaban J connectivity index is 2.41. The zero-order chi connectivity index (χ0) is 12.6. The van der Waals surface area contributed by atoms with E-state index in [1.54, 1.807) is 7.05 Å². The molecule has 0 aliphatic carbocycles. The summed E-state index contributed by atoms with van der Waals surface area (Å²) in [6.07, 6.45) is -3.28. The summed E-state index contributed by atoms with van der Waals surface area (Å²) in [6.45, 7) is -1.40. The van der Waals surface area contributed by atoms with Gasteiger partial charge in [0.1, 0.15) is 16.3 Å². The topological polar surface area (TPSA) is 52.8 Å². The van der Waals surface area contributed by atoms with Crippen molar-refractivity contribution < 1.29 is 17.9 Å². The predicted octanol–water partition coefficient (Wildman–Crippen LogP) is 2.07. The third-order valence-electron chi connectivity index (χ3n) is 1.92. The first-order valence-electron chi connectivity index (χ1n) is 4.41. The van der Waals surface area contributed by atoms with Crippen LogP contribution in [0.2, 0.25) is 0 Å². The van der Waals surface area contributed by atoms with Crippen LogP contribution in [0.5, 0.6) is 5.88 Å². The number of halogens is 4. The van der Waals surface area contributed by atoms with E-state index >= 15 is 0 Å². The molecule has 0 fully saturated rings. The zero-order valence-corrected chi connectivity index (χ0v) is 10.1. The molecule has 2 aromatic rings. The van der Waals surface area contributed by atoms with E-state index in [9.17, 15) is 13.2 Å². The third kappa shape index (κ3) is 2.48. The first-order valence-corrected chi connectivity index (χ1v) is 5.20. The van der Waals surface area contributed by atoms with E-state index in [1.165, 1.54) is 4.68 Å². The lowest BCUT2D eigenvalue weighted by molar-refractivity contribution is -0.153. The first kappa shape index (κ1) is 12.1. The smallest absolute Gasteiger partial charge is 0.422 e. The monoisotopic (exact) mass is 310 g/mol. The molecule has 17 heavy (non-hydrogen) atoms. The van der Waals surface area contributed by atoms with Crippen LogP contribution in [0, 0.1) is 0 Å². The molecule has 0 aliphatic heterocycles. The van der Waals surface area contributed by atoms with Crippen molar-refractivity contribution in [2.24, 2.45) is 7.05 Å². The second-order valence-corrected chi connectivity index (χ2v) is 3.95. The molecule has 0 N–H and O–H groups in total. The van der Waals surface area contributed by atoms with Crippen LogP contribution >= 0.6 is 15.9 Å². The second-order valence-electron chi connectivity index (χ2n) is 3.20. The molecule has 2 rings (SSSR count). The number of hydrogen-bond donors (Lipinski definition) is 0. The number of alkyl halides is 3. The molecular weight excluding hydrogens is 305 g/mol. The number of hydrogen-bond acceptors (Lipinski definition) is 4. The Morgan fingerprint density at radius 2 is 2.12 bits per heavy atom. The lowest BCUT2D eigenvalue weighted by atomic mass is 10.4. The van der Waals surface area contributed by atoms with Gasteiger partial charge in [-0.1, -0.05) is 0 Å². The number of rotatable bonds is 2. The van der Waals surface area contributed by atoms with Crippen molar-refractivity contribution in [3.8, 4) is 5.88 Å². The Labute approximate surface area is 102 Å². The molecule has 0 bridgehead atoms. The normalized spacial score (nSPS) is 12.1. The van der Waals surface area contributed by atoms with Gasteiger partial charge in [-0.3, -0.25) is 0 Å². The SMILES string of the molecule is Cn1nc(Br)c2c(OCC(F)(F)F)ncnc21. The summed E-state index contributed by atoms with van der Waals surface area (Å²) in [4.78, 5) is 7.57. The van der Waals surface area contributed by atoms with Gasteiger partial charge in [0, 0.05) is 7.05 Å². The highest BCUT2D eigenvalue weighted by molar-refractivity contribution is 9.10. The maximum atomic E-state index is 12.0. The molecule has 0 atom stereocenters. The second kappa shape index (κ2) is 4.13. The molecule has 5 nitrogen and oxygen atoms in total. The molecule has 0 saturated heterocycles. The molecule has 0 spiro atoms. The van der Waals surface area contributed by atoms with E-state index in [4.69, 9.17) is 0 Å². The average Bonchev–Trinajstić information content (AvgIpc) is 2.52. The number of aryl methyl sites for hydroxylation is 1. The fraction of sp³-hybridized carbons (Fsp3) is 0.375. The zero-order valence-electron chi connectivity index (χ0n) is 8.49. The Kier molecular flexibility index (Phi) is 2.94. The van der Waals surface area contributed by atoms with Gasteiger partial charge in [0.2, 0.25) is 5.88 Å². The Morgan fingerprint density at radius 1 is 1.41 bits per heavy atom. The van der Waals surface area contributed by atoms with E-state index in [1.807, 2.05) is 0 Å². The Morgan fingerprint density at radius 3 is 2.76 bits per heavy atom. The van der Waals surface area contributed by atoms with Crippen molar-refractivity contribution in [1.82, 2.24) is 19.7 Å². The lowest BCUT2D eigenvalue weighted by Crippen LogP contribution is -2.19. The fourth-order valence-electron chi connectivity index (χ4n) is 1.28.